The Morgan fingerprint density at radius 2 is 2.10 bits per heavy atom. The highest BCUT2D eigenvalue weighted by atomic mass is 16.6. The average Bonchev–Trinajstić information content (AvgIpc) is 2.85. The van der Waals surface area contributed by atoms with E-state index in [1.54, 1.807) is 13.2 Å². The topological polar surface area (TPSA) is 55.8 Å². The van der Waals surface area contributed by atoms with Crippen LogP contribution in [0.4, 0.5) is 4.79 Å². The van der Waals surface area contributed by atoms with Crippen LogP contribution in [0, 0.1) is 0 Å². The molecule has 0 N–H and O–H groups in total. The molecule has 1 aromatic carbocycles. The molecule has 0 bridgehead atoms. The van der Waals surface area contributed by atoms with Crippen molar-refractivity contribution < 1.29 is 19.1 Å². The zero-order valence-electron chi connectivity index (χ0n) is 11.4. The standard InChI is InChI=1S/C15H17NO4/c1-19-10-8-13-7-9-16(14(13)17)15(18)20-11-12-5-3-2-4-6-12/h2-6,8H,7,9-11H2,1H3/b13-8+. The van der Waals surface area contributed by atoms with Crippen LogP contribution in [0.2, 0.25) is 0 Å². The molecule has 5 heteroatoms. The highest BCUT2D eigenvalue weighted by molar-refractivity contribution is 6.04. The summed E-state index contributed by atoms with van der Waals surface area (Å²) in [5, 5.41) is 0. The lowest BCUT2D eigenvalue weighted by molar-refractivity contribution is -0.123. The highest BCUT2D eigenvalue weighted by Gasteiger charge is 2.31. The Hall–Kier alpha value is -2.14. The van der Waals surface area contributed by atoms with E-state index in [0.717, 1.165) is 10.5 Å². The lowest BCUT2D eigenvalue weighted by Gasteiger charge is -2.13. The molecule has 1 saturated heterocycles. The first-order chi connectivity index (χ1) is 9.72. The van der Waals surface area contributed by atoms with Crippen molar-refractivity contribution in [1.82, 2.24) is 4.90 Å². The van der Waals surface area contributed by atoms with Crippen molar-refractivity contribution in [2.24, 2.45) is 0 Å². The summed E-state index contributed by atoms with van der Waals surface area (Å²) in [5.74, 6) is -0.292. The van der Waals surface area contributed by atoms with Gasteiger partial charge in [-0.05, 0) is 12.0 Å². The van der Waals surface area contributed by atoms with Crippen molar-refractivity contribution in [2.45, 2.75) is 13.0 Å². The molecule has 5 nitrogen and oxygen atoms in total. The molecule has 1 aliphatic rings. The van der Waals surface area contributed by atoms with Crippen LogP contribution in [0.3, 0.4) is 0 Å². The molecule has 2 amide bonds. The van der Waals surface area contributed by atoms with Gasteiger partial charge in [0.25, 0.3) is 5.91 Å². The maximum absolute atomic E-state index is 12.0. The van der Waals surface area contributed by atoms with Gasteiger partial charge in [-0.1, -0.05) is 36.4 Å². The van der Waals surface area contributed by atoms with Crippen LogP contribution < -0.4 is 0 Å². The fourth-order valence-electron chi connectivity index (χ4n) is 1.96. The number of likely N-dealkylation sites (tertiary alicyclic amines) is 1. The third-order valence-electron chi connectivity index (χ3n) is 3.05. The molecule has 0 atom stereocenters. The molecule has 106 valence electrons. The van der Waals surface area contributed by atoms with Crippen molar-refractivity contribution in [3.8, 4) is 0 Å². The molecule has 1 aliphatic heterocycles. The van der Waals surface area contributed by atoms with E-state index >= 15 is 0 Å². The number of hydrogen-bond acceptors (Lipinski definition) is 4. The van der Waals surface area contributed by atoms with Gasteiger partial charge in [0.2, 0.25) is 0 Å². The monoisotopic (exact) mass is 275 g/mol. The summed E-state index contributed by atoms with van der Waals surface area (Å²) in [7, 11) is 1.56. The number of rotatable bonds is 4. The molecule has 0 saturated carbocycles. The second-order valence-electron chi connectivity index (χ2n) is 4.43. The minimum absolute atomic E-state index is 0.167. The van der Waals surface area contributed by atoms with Crippen LogP contribution in [0.25, 0.3) is 0 Å². The molecule has 0 aromatic heterocycles. The maximum Gasteiger partial charge on any atom is 0.417 e. The fraction of sp³-hybridized carbons (Fsp3) is 0.333. The fourth-order valence-corrected chi connectivity index (χ4v) is 1.96. The van der Waals surface area contributed by atoms with Crippen molar-refractivity contribution in [1.29, 1.82) is 0 Å². The number of benzene rings is 1. The van der Waals surface area contributed by atoms with Gasteiger partial charge >= 0.3 is 6.09 Å². The zero-order chi connectivity index (χ0) is 14.4. The third-order valence-corrected chi connectivity index (χ3v) is 3.05. The second-order valence-corrected chi connectivity index (χ2v) is 4.43. The summed E-state index contributed by atoms with van der Waals surface area (Å²) >= 11 is 0. The Labute approximate surface area is 117 Å². The molecular weight excluding hydrogens is 258 g/mol. The summed E-state index contributed by atoms with van der Waals surface area (Å²) in [6.07, 6.45) is 1.65. The molecule has 0 aliphatic carbocycles. The van der Waals surface area contributed by atoms with E-state index in [9.17, 15) is 9.59 Å². The number of carbonyl (C=O) groups is 2. The van der Waals surface area contributed by atoms with Gasteiger partial charge in [0.05, 0.1) is 6.61 Å². The number of hydrogen-bond donors (Lipinski definition) is 0. The minimum atomic E-state index is -0.598. The van der Waals surface area contributed by atoms with E-state index in [0.29, 0.717) is 25.1 Å². The first kappa shape index (κ1) is 14.3. The van der Waals surface area contributed by atoms with Gasteiger partial charge in [-0.2, -0.15) is 0 Å². The number of nitrogens with zero attached hydrogens (tertiary/aromatic N) is 1. The Balaban J connectivity index is 1.89. The van der Waals surface area contributed by atoms with Gasteiger partial charge in [-0.25, -0.2) is 9.69 Å². The number of methoxy groups -OCH3 is 1. The largest absolute Gasteiger partial charge is 0.444 e. The summed E-state index contributed by atoms with van der Waals surface area (Å²) in [5.41, 5.74) is 1.49. The SMILES string of the molecule is COC/C=C1\CCN(C(=O)OCc2ccccc2)C1=O. The molecule has 1 heterocycles. The summed E-state index contributed by atoms with van der Waals surface area (Å²) in [4.78, 5) is 25.0. The predicted molar refractivity (Wildman–Crippen MR) is 72.9 cm³/mol. The van der Waals surface area contributed by atoms with E-state index in [1.807, 2.05) is 30.3 Å². The van der Waals surface area contributed by atoms with Crippen molar-refractivity contribution in [2.75, 3.05) is 20.3 Å². The lowest BCUT2D eigenvalue weighted by Crippen LogP contribution is -2.32. The van der Waals surface area contributed by atoms with Crippen LogP contribution in [0.15, 0.2) is 42.0 Å². The third kappa shape index (κ3) is 3.45. The summed E-state index contributed by atoms with van der Waals surface area (Å²) < 4.78 is 10.0. The second kappa shape index (κ2) is 6.86. The Morgan fingerprint density at radius 1 is 1.35 bits per heavy atom. The highest BCUT2D eigenvalue weighted by Crippen LogP contribution is 2.18. The van der Waals surface area contributed by atoms with Gasteiger partial charge in [0.15, 0.2) is 0 Å². The summed E-state index contributed by atoms with van der Waals surface area (Å²) in [6, 6.07) is 9.36. The van der Waals surface area contributed by atoms with E-state index in [4.69, 9.17) is 9.47 Å². The number of carbonyl (C=O) groups excluding carboxylic acids is 2. The van der Waals surface area contributed by atoms with Crippen molar-refractivity contribution in [3.05, 3.63) is 47.5 Å². The molecule has 1 aromatic rings. The molecular formula is C15H17NO4. The van der Waals surface area contributed by atoms with Crippen LogP contribution in [0.5, 0.6) is 0 Å². The molecule has 2 rings (SSSR count). The molecule has 20 heavy (non-hydrogen) atoms. The maximum atomic E-state index is 12.0. The number of ether oxygens (including phenoxy) is 2. The van der Waals surface area contributed by atoms with E-state index in [2.05, 4.69) is 0 Å². The first-order valence-electron chi connectivity index (χ1n) is 6.43. The van der Waals surface area contributed by atoms with E-state index in [-0.39, 0.29) is 12.5 Å². The van der Waals surface area contributed by atoms with Gasteiger partial charge in [-0.3, -0.25) is 4.79 Å². The predicted octanol–water partition coefficient (Wildman–Crippen LogP) is 2.13. The molecule has 0 spiro atoms. The Morgan fingerprint density at radius 3 is 2.80 bits per heavy atom. The average molecular weight is 275 g/mol. The normalized spacial score (nSPS) is 16.8. The Kier molecular flexibility index (Phi) is 4.90. The molecule has 0 radical (unpaired) electrons. The Bertz CT molecular complexity index is 510. The number of imide groups is 1. The zero-order valence-corrected chi connectivity index (χ0v) is 11.4. The van der Waals surface area contributed by atoms with Crippen LogP contribution >= 0.6 is 0 Å². The van der Waals surface area contributed by atoms with Crippen LogP contribution in [-0.4, -0.2) is 37.2 Å². The van der Waals surface area contributed by atoms with Gasteiger partial charge in [0.1, 0.15) is 6.61 Å². The summed E-state index contributed by atoms with van der Waals surface area (Å²) in [6.45, 7) is 0.899. The quantitative estimate of drug-likeness (QED) is 0.790. The first-order valence-corrected chi connectivity index (χ1v) is 6.43. The van der Waals surface area contributed by atoms with Gasteiger partial charge in [-0.15, -0.1) is 0 Å². The van der Waals surface area contributed by atoms with Crippen molar-refractivity contribution >= 4 is 12.0 Å². The molecule has 1 fully saturated rings. The van der Waals surface area contributed by atoms with Gasteiger partial charge < -0.3 is 9.47 Å². The minimum Gasteiger partial charge on any atom is -0.444 e. The van der Waals surface area contributed by atoms with Crippen LogP contribution in [0.1, 0.15) is 12.0 Å². The smallest absolute Gasteiger partial charge is 0.417 e. The lowest BCUT2D eigenvalue weighted by atomic mass is 10.2. The number of amides is 2. The van der Waals surface area contributed by atoms with Gasteiger partial charge in [0, 0.05) is 19.2 Å². The van der Waals surface area contributed by atoms with E-state index < -0.39 is 6.09 Å². The van der Waals surface area contributed by atoms with E-state index in [1.165, 1.54) is 0 Å². The van der Waals surface area contributed by atoms with Crippen LogP contribution in [-0.2, 0) is 20.9 Å². The molecule has 0 unspecified atom stereocenters. The van der Waals surface area contributed by atoms with Crippen molar-refractivity contribution in [3.63, 3.8) is 0 Å².